The Morgan fingerprint density at radius 1 is 0.491 bits per heavy atom. The molecule has 6 nitrogen and oxygen atoms in total. The number of aromatic nitrogens is 3. The molecule has 7 heteroatoms. The first-order valence-electron chi connectivity index (χ1n) is 18.4. The van der Waals surface area contributed by atoms with Gasteiger partial charge in [0.2, 0.25) is 0 Å². The molecule has 8 aromatic rings. The van der Waals surface area contributed by atoms with Crippen LogP contribution in [0.15, 0.2) is 181 Å². The lowest BCUT2D eigenvalue weighted by atomic mass is 9.87. The molecule has 0 saturated carbocycles. The number of nitrogens with one attached hydrogen (secondary N) is 1. The summed E-state index contributed by atoms with van der Waals surface area (Å²) in [6.07, 6.45) is 1.70. The number of anilines is 2. The molecule has 0 fully saturated rings. The Balaban J connectivity index is 1.20. The van der Waals surface area contributed by atoms with Crippen molar-refractivity contribution >= 4 is 22.1 Å². The van der Waals surface area contributed by atoms with Crippen LogP contribution >= 0.6 is 0 Å². The van der Waals surface area contributed by atoms with Crippen molar-refractivity contribution in [2.75, 3.05) is 5.32 Å². The van der Waals surface area contributed by atoms with Gasteiger partial charge in [0.05, 0.1) is 4.90 Å². The third-order valence-electron chi connectivity index (χ3n) is 10.3. The molecule has 0 bridgehead atoms. The molecular formula is C48H36N4O2S. The van der Waals surface area contributed by atoms with Gasteiger partial charge < -0.3 is 5.32 Å². The molecule has 1 unspecified atom stereocenters. The molecule has 0 radical (unpaired) electrons. The molecule has 0 spiro atoms. The second-order valence-corrected chi connectivity index (χ2v) is 14.6. The number of rotatable bonds is 8. The van der Waals surface area contributed by atoms with Gasteiger partial charge in [0.25, 0.3) is 0 Å². The molecule has 0 saturated heterocycles. The Morgan fingerprint density at radius 2 is 1.05 bits per heavy atom. The van der Waals surface area contributed by atoms with Gasteiger partial charge in [-0.15, -0.1) is 0 Å². The number of fused-ring (bicyclic) bond motifs is 3. The molecule has 0 aliphatic heterocycles. The van der Waals surface area contributed by atoms with Gasteiger partial charge in [0.1, 0.15) is 5.82 Å². The molecule has 1 aliphatic rings. The summed E-state index contributed by atoms with van der Waals surface area (Å²) in [5, 5.41) is 3.53. The Labute approximate surface area is 322 Å². The third kappa shape index (κ3) is 6.94. The summed E-state index contributed by atoms with van der Waals surface area (Å²) in [5.74, 6) is 1.97. The monoisotopic (exact) mass is 732 g/mol. The average molecular weight is 733 g/mol. The van der Waals surface area contributed by atoms with E-state index in [0.29, 0.717) is 17.2 Å². The molecule has 9 rings (SSSR count). The van der Waals surface area contributed by atoms with E-state index in [-0.39, 0.29) is 10.8 Å². The van der Waals surface area contributed by atoms with E-state index in [1.807, 2.05) is 109 Å². The number of hydrogen-bond acceptors (Lipinski definition) is 6. The van der Waals surface area contributed by atoms with Gasteiger partial charge in [0.15, 0.2) is 22.4 Å². The van der Waals surface area contributed by atoms with Crippen LogP contribution < -0.4 is 5.32 Å². The summed E-state index contributed by atoms with van der Waals surface area (Å²) in [6.45, 7) is 0. The second-order valence-electron chi connectivity index (χ2n) is 13.6. The zero-order chi connectivity index (χ0) is 37.1. The first kappa shape index (κ1) is 34.1. The number of hydrogen-bond donors (Lipinski definition) is 2. The van der Waals surface area contributed by atoms with Crippen molar-refractivity contribution < 1.29 is 8.42 Å². The first-order chi connectivity index (χ1) is 27.1. The van der Waals surface area contributed by atoms with E-state index in [0.717, 1.165) is 69.0 Å². The molecule has 1 atom stereocenters. The molecule has 266 valence electrons. The van der Waals surface area contributed by atoms with Crippen LogP contribution in [0.5, 0.6) is 0 Å². The minimum absolute atomic E-state index is 0.0855. The van der Waals surface area contributed by atoms with E-state index < -0.39 is 10.7 Å². The highest BCUT2D eigenvalue weighted by Crippen LogP contribution is 2.44. The van der Waals surface area contributed by atoms with Crippen molar-refractivity contribution in [1.29, 1.82) is 0 Å². The van der Waals surface area contributed by atoms with Gasteiger partial charge in [-0.2, -0.15) is 0 Å². The predicted molar refractivity (Wildman–Crippen MR) is 222 cm³/mol. The normalized spacial score (nSPS) is 13.4. The van der Waals surface area contributed by atoms with Crippen LogP contribution in [-0.4, -0.2) is 23.4 Å². The van der Waals surface area contributed by atoms with Gasteiger partial charge in [-0.3, -0.25) is 0 Å². The Kier molecular flexibility index (Phi) is 9.28. The van der Waals surface area contributed by atoms with Crippen molar-refractivity contribution in [2.24, 2.45) is 0 Å². The van der Waals surface area contributed by atoms with Gasteiger partial charge in [0, 0.05) is 39.5 Å². The number of nitrogens with zero attached hydrogens (tertiary/aromatic N) is 3. The van der Waals surface area contributed by atoms with E-state index >= 15 is 0 Å². The summed E-state index contributed by atoms with van der Waals surface area (Å²) in [6, 6.07) is 58.8. The van der Waals surface area contributed by atoms with E-state index in [1.54, 1.807) is 12.1 Å². The zero-order valence-corrected chi connectivity index (χ0v) is 30.7. The van der Waals surface area contributed by atoms with Crippen molar-refractivity contribution in [3.8, 4) is 56.2 Å². The summed E-state index contributed by atoms with van der Waals surface area (Å²) < 4.78 is 25.0. The fraction of sp³-hybridized carbons (Fsp3) is 0.0625. The molecule has 0 amide bonds. The Hall–Kier alpha value is -6.70. The van der Waals surface area contributed by atoms with Crippen LogP contribution in [0.1, 0.15) is 29.3 Å². The van der Waals surface area contributed by atoms with E-state index in [4.69, 9.17) is 15.0 Å². The van der Waals surface area contributed by atoms with E-state index in [9.17, 15) is 8.42 Å². The van der Waals surface area contributed by atoms with E-state index in [2.05, 4.69) is 59.9 Å². The summed E-state index contributed by atoms with van der Waals surface area (Å²) in [7, 11) is -2.82. The zero-order valence-electron chi connectivity index (χ0n) is 29.8. The third-order valence-corrected chi connectivity index (χ3v) is 11.0. The van der Waals surface area contributed by atoms with Gasteiger partial charge >= 0.3 is 0 Å². The smallest absolute Gasteiger partial charge is 0.168 e. The number of aryl methyl sites for hydroxylation is 1. The van der Waals surface area contributed by atoms with Gasteiger partial charge in [-0.1, -0.05) is 140 Å². The van der Waals surface area contributed by atoms with Crippen molar-refractivity contribution in [1.82, 2.24) is 15.0 Å². The molecule has 1 aliphatic carbocycles. The predicted octanol–water partition coefficient (Wildman–Crippen LogP) is 11.0. The molecule has 1 heterocycles. The van der Waals surface area contributed by atoms with Gasteiger partial charge in [-0.05, 0) is 82.6 Å². The molecular weight excluding hydrogens is 697 g/mol. The van der Waals surface area contributed by atoms with Crippen LogP contribution in [0.25, 0.3) is 56.2 Å². The largest absolute Gasteiger partial charge is 0.355 e. The molecule has 7 aromatic carbocycles. The van der Waals surface area contributed by atoms with Gasteiger partial charge in [-0.25, -0.2) is 23.4 Å². The van der Waals surface area contributed by atoms with Crippen LogP contribution in [0.3, 0.4) is 0 Å². The SMILES string of the molecule is O=[SH](=O)c1ccccc1-c1cc(-c2ccc3c(c2)-c2ccccc2CCC3c2nc(-c3ccccc3)nc(-c3ccccc3)n2)ccc1Nc1ccccc1. The average Bonchev–Trinajstić information content (AvgIpc) is 3.41. The Bertz CT molecular complexity index is 2670. The standard InChI is InChI=1S/C48H36N4O2S/c53-55(54)45-23-13-12-22-40(45)43-31-36(26-29-44(43)49-37-19-8-3-9-20-37)35-25-27-39-41(28-24-32-14-10-11-21-38(32)42(39)30-35)48-51-46(33-15-4-1-5-16-33)50-47(52-48)34-17-6-2-7-18-34/h1-23,25-27,29-31,41,49,55H,24,28H2. The highest BCUT2D eigenvalue weighted by atomic mass is 32.2. The van der Waals surface area contributed by atoms with Crippen LogP contribution in [0.4, 0.5) is 11.4 Å². The van der Waals surface area contributed by atoms with Crippen LogP contribution in [-0.2, 0) is 17.1 Å². The van der Waals surface area contributed by atoms with Crippen molar-refractivity contribution in [2.45, 2.75) is 23.7 Å². The lowest BCUT2D eigenvalue weighted by molar-refractivity contribution is 0.615. The van der Waals surface area contributed by atoms with Crippen LogP contribution in [0, 0.1) is 0 Å². The fourth-order valence-electron chi connectivity index (χ4n) is 7.57. The maximum absolute atomic E-state index is 12.5. The first-order valence-corrected chi connectivity index (χ1v) is 19.6. The molecule has 55 heavy (non-hydrogen) atoms. The molecule has 1 N–H and O–H groups in total. The quantitative estimate of drug-likeness (QED) is 0.151. The summed E-state index contributed by atoms with van der Waals surface area (Å²) in [4.78, 5) is 15.6. The summed E-state index contributed by atoms with van der Waals surface area (Å²) in [5.41, 5.74) is 11.8. The minimum Gasteiger partial charge on any atom is -0.355 e. The lowest BCUT2D eigenvalue weighted by Gasteiger charge is -2.20. The summed E-state index contributed by atoms with van der Waals surface area (Å²) >= 11 is 0. The lowest BCUT2D eigenvalue weighted by Crippen LogP contribution is -2.11. The highest BCUT2D eigenvalue weighted by molar-refractivity contribution is 7.72. The minimum atomic E-state index is -2.82. The number of thiol groups is 1. The van der Waals surface area contributed by atoms with Crippen molar-refractivity contribution in [3.63, 3.8) is 0 Å². The Morgan fingerprint density at radius 3 is 1.73 bits per heavy atom. The van der Waals surface area contributed by atoms with Crippen molar-refractivity contribution in [3.05, 3.63) is 193 Å². The van der Waals surface area contributed by atoms with Crippen LogP contribution in [0.2, 0.25) is 0 Å². The second kappa shape index (κ2) is 15.0. The molecule has 1 aromatic heterocycles. The highest BCUT2D eigenvalue weighted by Gasteiger charge is 2.28. The number of para-hydroxylation sites is 1. The topological polar surface area (TPSA) is 84.8 Å². The van der Waals surface area contributed by atoms with E-state index in [1.165, 1.54) is 11.1 Å². The maximum Gasteiger partial charge on any atom is 0.168 e. The number of benzene rings is 7. The fourth-order valence-corrected chi connectivity index (χ4v) is 8.17. The maximum atomic E-state index is 12.5.